The van der Waals surface area contributed by atoms with Crippen LogP contribution in [0.1, 0.15) is 33.1 Å². The third-order valence-corrected chi connectivity index (χ3v) is 2.44. The van der Waals surface area contributed by atoms with Crippen molar-refractivity contribution >= 4 is 27.9 Å². The van der Waals surface area contributed by atoms with Crippen molar-refractivity contribution in [3.05, 3.63) is 0 Å². The first-order valence-electron chi connectivity index (χ1n) is 5.05. The summed E-state index contributed by atoms with van der Waals surface area (Å²) in [6.07, 6.45) is 1.19. The van der Waals surface area contributed by atoms with Crippen LogP contribution in [-0.2, 0) is 19.1 Å². The molecule has 0 spiro atoms. The van der Waals surface area contributed by atoms with Crippen molar-refractivity contribution in [1.82, 2.24) is 0 Å². The zero-order chi connectivity index (χ0) is 11.7. The number of alkyl halides is 1. The molecule has 0 bridgehead atoms. The van der Waals surface area contributed by atoms with Gasteiger partial charge in [0.05, 0.1) is 19.6 Å². The Morgan fingerprint density at radius 1 is 1.13 bits per heavy atom. The second-order valence-electron chi connectivity index (χ2n) is 2.95. The normalized spacial score (nSPS) is 11.9. The zero-order valence-corrected chi connectivity index (χ0v) is 10.7. The van der Waals surface area contributed by atoms with Crippen LogP contribution in [0.4, 0.5) is 0 Å². The minimum atomic E-state index is -0.247. The summed E-state index contributed by atoms with van der Waals surface area (Å²) in [5, 5.41) is 0. The van der Waals surface area contributed by atoms with E-state index in [0.29, 0.717) is 26.1 Å². The van der Waals surface area contributed by atoms with E-state index in [1.807, 2.05) is 0 Å². The van der Waals surface area contributed by atoms with Crippen LogP contribution in [0.3, 0.4) is 0 Å². The minimum absolute atomic E-state index is 0.0269. The van der Waals surface area contributed by atoms with E-state index in [1.54, 1.807) is 13.8 Å². The summed E-state index contributed by atoms with van der Waals surface area (Å²) in [5.74, 6) is -0.478. The van der Waals surface area contributed by atoms with Crippen LogP contribution in [0, 0.1) is 0 Å². The lowest BCUT2D eigenvalue weighted by Gasteiger charge is -2.08. The zero-order valence-electron chi connectivity index (χ0n) is 9.12. The van der Waals surface area contributed by atoms with Gasteiger partial charge in [0.2, 0.25) is 0 Å². The first kappa shape index (κ1) is 14.4. The Bertz CT molecular complexity index is 206. The van der Waals surface area contributed by atoms with Crippen LogP contribution in [0.15, 0.2) is 0 Å². The molecule has 0 N–H and O–H groups in total. The van der Waals surface area contributed by atoms with Crippen LogP contribution in [0.5, 0.6) is 0 Å². The number of halogens is 1. The van der Waals surface area contributed by atoms with Gasteiger partial charge in [-0.05, 0) is 20.3 Å². The van der Waals surface area contributed by atoms with Crippen molar-refractivity contribution in [1.29, 1.82) is 0 Å². The van der Waals surface area contributed by atoms with Crippen molar-refractivity contribution in [2.45, 2.75) is 37.9 Å². The van der Waals surface area contributed by atoms with E-state index in [2.05, 4.69) is 15.9 Å². The third-order valence-electron chi connectivity index (χ3n) is 1.66. The standard InChI is InChI=1S/C10H17BrO4/c1-3-14-9(12)6-5-8(11)7-10(13)15-4-2/h8H,3-7H2,1-2H3. The highest BCUT2D eigenvalue weighted by Crippen LogP contribution is 2.13. The van der Waals surface area contributed by atoms with Gasteiger partial charge in [0, 0.05) is 11.2 Å². The molecule has 88 valence electrons. The topological polar surface area (TPSA) is 52.6 Å². The molecule has 15 heavy (non-hydrogen) atoms. The molecule has 0 aliphatic heterocycles. The summed E-state index contributed by atoms with van der Waals surface area (Å²) in [7, 11) is 0. The fraction of sp³-hybridized carbons (Fsp3) is 0.800. The molecule has 0 aliphatic rings. The molecule has 0 amide bonds. The highest BCUT2D eigenvalue weighted by atomic mass is 79.9. The highest BCUT2D eigenvalue weighted by Gasteiger charge is 2.13. The molecule has 1 atom stereocenters. The number of carbonyl (C=O) groups excluding carboxylic acids is 2. The van der Waals surface area contributed by atoms with Gasteiger partial charge >= 0.3 is 11.9 Å². The van der Waals surface area contributed by atoms with Crippen molar-refractivity contribution in [2.75, 3.05) is 13.2 Å². The van der Waals surface area contributed by atoms with E-state index in [4.69, 9.17) is 9.47 Å². The Labute approximate surface area is 98.4 Å². The molecule has 0 saturated heterocycles. The van der Waals surface area contributed by atoms with Crippen LogP contribution in [0.25, 0.3) is 0 Å². The molecular formula is C10H17BrO4. The number of esters is 2. The summed E-state index contributed by atoms with van der Waals surface area (Å²) in [5.41, 5.74) is 0. The van der Waals surface area contributed by atoms with E-state index in [9.17, 15) is 9.59 Å². The second-order valence-corrected chi connectivity index (χ2v) is 4.25. The monoisotopic (exact) mass is 280 g/mol. The van der Waals surface area contributed by atoms with Gasteiger partial charge in [-0.3, -0.25) is 9.59 Å². The van der Waals surface area contributed by atoms with Gasteiger partial charge in [-0.1, -0.05) is 15.9 Å². The highest BCUT2D eigenvalue weighted by molar-refractivity contribution is 9.09. The molecule has 0 aromatic heterocycles. The lowest BCUT2D eigenvalue weighted by Crippen LogP contribution is -2.13. The van der Waals surface area contributed by atoms with E-state index in [1.165, 1.54) is 0 Å². The SMILES string of the molecule is CCOC(=O)CCC(Br)CC(=O)OCC. The molecule has 0 saturated carbocycles. The lowest BCUT2D eigenvalue weighted by atomic mass is 10.2. The average Bonchev–Trinajstić information content (AvgIpc) is 2.15. The lowest BCUT2D eigenvalue weighted by molar-refractivity contribution is -0.145. The van der Waals surface area contributed by atoms with Crippen molar-refractivity contribution in [3.8, 4) is 0 Å². The number of ether oxygens (including phenoxy) is 2. The van der Waals surface area contributed by atoms with Gasteiger partial charge in [-0.25, -0.2) is 0 Å². The fourth-order valence-corrected chi connectivity index (χ4v) is 1.50. The van der Waals surface area contributed by atoms with Gasteiger partial charge in [0.1, 0.15) is 0 Å². The van der Waals surface area contributed by atoms with Gasteiger partial charge in [0.25, 0.3) is 0 Å². The van der Waals surface area contributed by atoms with Crippen LogP contribution in [-0.4, -0.2) is 30.0 Å². The Balaban J connectivity index is 3.60. The Morgan fingerprint density at radius 3 is 2.20 bits per heavy atom. The second kappa shape index (κ2) is 8.71. The molecule has 0 fully saturated rings. The van der Waals surface area contributed by atoms with E-state index in [0.717, 1.165) is 0 Å². The summed E-state index contributed by atoms with van der Waals surface area (Å²) in [6.45, 7) is 4.31. The molecule has 0 aromatic rings. The molecule has 0 rings (SSSR count). The molecule has 4 nitrogen and oxygen atoms in total. The maximum absolute atomic E-state index is 11.1. The first-order chi connectivity index (χ1) is 7.10. The summed E-state index contributed by atoms with van der Waals surface area (Å²) < 4.78 is 9.55. The van der Waals surface area contributed by atoms with Crippen LogP contribution in [0.2, 0.25) is 0 Å². The number of hydrogen-bond acceptors (Lipinski definition) is 4. The Morgan fingerprint density at radius 2 is 1.67 bits per heavy atom. The molecule has 0 heterocycles. The quantitative estimate of drug-likeness (QED) is 0.529. The van der Waals surface area contributed by atoms with E-state index in [-0.39, 0.29) is 23.2 Å². The van der Waals surface area contributed by atoms with Gasteiger partial charge in [0.15, 0.2) is 0 Å². The van der Waals surface area contributed by atoms with Crippen molar-refractivity contribution < 1.29 is 19.1 Å². The predicted octanol–water partition coefficient (Wildman–Crippen LogP) is 2.05. The largest absolute Gasteiger partial charge is 0.466 e. The van der Waals surface area contributed by atoms with Gasteiger partial charge in [-0.2, -0.15) is 0 Å². The van der Waals surface area contributed by atoms with Crippen LogP contribution < -0.4 is 0 Å². The van der Waals surface area contributed by atoms with E-state index < -0.39 is 0 Å². The van der Waals surface area contributed by atoms with E-state index >= 15 is 0 Å². The molecular weight excluding hydrogens is 264 g/mol. The predicted molar refractivity (Wildman–Crippen MR) is 59.8 cm³/mol. The van der Waals surface area contributed by atoms with Crippen LogP contribution >= 0.6 is 15.9 Å². The Kier molecular flexibility index (Phi) is 8.37. The summed E-state index contributed by atoms with van der Waals surface area (Å²) in [4.78, 5) is 22.0. The van der Waals surface area contributed by atoms with Gasteiger partial charge < -0.3 is 9.47 Å². The first-order valence-corrected chi connectivity index (χ1v) is 5.97. The number of carbonyl (C=O) groups is 2. The minimum Gasteiger partial charge on any atom is -0.466 e. The van der Waals surface area contributed by atoms with Gasteiger partial charge in [-0.15, -0.1) is 0 Å². The molecule has 0 aromatic carbocycles. The Hall–Kier alpha value is -0.580. The van der Waals surface area contributed by atoms with Crippen molar-refractivity contribution in [3.63, 3.8) is 0 Å². The molecule has 0 radical (unpaired) electrons. The fourth-order valence-electron chi connectivity index (χ4n) is 1.01. The average molecular weight is 281 g/mol. The van der Waals surface area contributed by atoms with Crippen molar-refractivity contribution in [2.24, 2.45) is 0 Å². The molecule has 5 heteroatoms. The smallest absolute Gasteiger partial charge is 0.306 e. The number of hydrogen-bond donors (Lipinski definition) is 0. The summed E-state index contributed by atoms with van der Waals surface area (Å²) >= 11 is 3.32. The third kappa shape index (κ3) is 8.42. The molecule has 0 aliphatic carbocycles. The maximum atomic E-state index is 11.1. The number of rotatable bonds is 7. The molecule has 1 unspecified atom stereocenters. The maximum Gasteiger partial charge on any atom is 0.306 e. The summed E-state index contributed by atoms with van der Waals surface area (Å²) in [6, 6.07) is 0.